The molecule has 0 atom stereocenters. The SMILES string of the molecule is C=C(CC#CC1=CCCCC1)Cc1ccccn1. The van der Waals surface area contributed by atoms with Gasteiger partial charge in [0.2, 0.25) is 0 Å². The van der Waals surface area contributed by atoms with Crippen LogP contribution in [-0.4, -0.2) is 4.98 Å². The third kappa shape index (κ3) is 4.22. The quantitative estimate of drug-likeness (QED) is 0.570. The molecule has 1 heteroatoms. The Hall–Kier alpha value is -1.81. The van der Waals surface area contributed by atoms with Crippen molar-refractivity contribution in [1.29, 1.82) is 0 Å². The highest BCUT2D eigenvalue weighted by atomic mass is 14.7. The standard InChI is InChI=1S/C17H19N/c1-15(14-17-12-5-6-13-18-17)8-7-11-16-9-3-2-4-10-16/h5-6,9,12-13H,1-4,8,10,14H2. The second kappa shape index (κ2) is 6.81. The Kier molecular flexibility index (Phi) is 4.78. The van der Waals surface area contributed by atoms with Crippen molar-refractivity contribution in [3.63, 3.8) is 0 Å². The average Bonchev–Trinajstić information content (AvgIpc) is 2.41. The van der Waals surface area contributed by atoms with E-state index in [2.05, 4.69) is 29.5 Å². The van der Waals surface area contributed by atoms with Gasteiger partial charge in [-0.15, -0.1) is 0 Å². The first-order valence-electron chi connectivity index (χ1n) is 6.59. The molecule has 1 heterocycles. The maximum Gasteiger partial charge on any atom is 0.0444 e. The molecule has 0 bridgehead atoms. The monoisotopic (exact) mass is 237 g/mol. The zero-order valence-corrected chi connectivity index (χ0v) is 10.8. The predicted octanol–water partition coefficient (Wildman–Crippen LogP) is 4.07. The van der Waals surface area contributed by atoms with Crippen LogP contribution in [0.25, 0.3) is 0 Å². The zero-order chi connectivity index (χ0) is 12.6. The van der Waals surface area contributed by atoms with Gasteiger partial charge < -0.3 is 0 Å². The summed E-state index contributed by atoms with van der Waals surface area (Å²) in [5.41, 5.74) is 3.52. The van der Waals surface area contributed by atoms with Crippen LogP contribution in [0.5, 0.6) is 0 Å². The van der Waals surface area contributed by atoms with Crippen molar-refractivity contribution in [3.8, 4) is 11.8 Å². The van der Waals surface area contributed by atoms with Crippen molar-refractivity contribution in [3.05, 3.63) is 53.9 Å². The normalized spacial score (nSPS) is 14.3. The van der Waals surface area contributed by atoms with E-state index in [1.807, 2.05) is 24.4 Å². The van der Waals surface area contributed by atoms with Gasteiger partial charge in [-0.1, -0.05) is 36.1 Å². The van der Waals surface area contributed by atoms with Crippen LogP contribution in [0.4, 0.5) is 0 Å². The molecule has 1 aliphatic carbocycles. The van der Waals surface area contributed by atoms with Crippen molar-refractivity contribution in [2.24, 2.45) is 0 Å². The van der Waals surface area contributed by atoms with Gasteiger partial charge in [0.15, 0.2) is 0 Å². The number of aromatic nitrogens is 1. The fourth-order valence-corrected chi connectivity index (χ4v) is 2.06. The predicted molar refractivity (Wildman–Crippen MR) is 76.0 cm³/mol. The summed E-state index contributed by atoms with van der Waals surface area (Å²) in [6.45, 7) is 4.07. The van der Waals surface area contributed by atoms with Gasteiger partial charge in [0.25, 0.3) is 0 Å². The van der Waals surface area contributed by atoms with E-state index in [4.69, 9.17) is 0 Å². The van der Waals surface area contributed by atoms with E-state index >= 15 is 0 Å². The average molecular weight is 237 g/mol. The first-order chi connectivity index (χ1) is 8.84. The highest BCUT2D eigenvalue weighted by Gasteiger charge is 2.00. The van der Waals surface area contributed by atoms with Crippen LogP contribution in [0.3, 0.4) is 0 Å². The maximum atomic E-state index is 4.30. The molecule has 2 rings (SSSR count). The molecular formula is C17H19N. The fourth-order valence-electron chi connectivity index (χ4n) is 2.06. The van der Waals surface area contributed by atoms with Gasteiger partial charge in [-0.2, -0.15) is 0 Å². The number of hydrogen-bond acceptors (Lipinski definition) is 1. The van der Waals surface area contributed by atoms with Gasteiger partial charge in [0.1, 0.15) is 0 Å². The molecule has 0 saturated carbocycles. The molecule has 1 nitrogen and oxygen atoms in total. The van der Waals surface area contributed by atoms with E-state index in [-0.39, 0.29) is 0 Å². The Morgan fingerprint density at radius 3 is 3.00 bits per heavy atom. The molecule has 0 amide bonds. The molecule has 0 N–H and O–H groups in total. The summed E-state index contributed by atoms with van der Waals surface area (Å²) in [6.07, 6.45) is 10.6. The smallest absolute Gasteiger partial charge is 0.0444 e. The molecule has 1 aromatic rings. The molecule has 92 valence electrons. The lowest BCUT2D eigenvalue weighted by atomic mass is 10.00. The first-order valence-corrected chi connectivity index (χ1v) is 6.59. The zero-order valence-electron chi connectivity index (χ0n) is 10.8. The van der Waals surface area contributed by atoms with Crippen LogP contribution in [0.15, 0.2) is 48.2 Å². The molecule has 0 aromatic carbocycles. The number of nitrogens with zero attached hydrogens (tertiary/aromatic N) is 1. The van der Waals surface area contributed by atoms with Gasteiger partial charge in [-0.3, -0.25) is 4.98 Å². The summed E-state index contributed by atoms with van der Waals surface area (Å²) in [5.74, 6) is 6.50. The Bertz CT molecular complexity index is 485. The minimum atomic E-state index is 0.772. The van der Waals surface area contributed by atoms with Gasteiger partial charge in [0.05, 0.1) is 0 Å². The molecule has 0 radical (unpaired) electrons. The first kappa shape index (κ1) is 12.6. The summed E-state index contributed by atoms with van der Waals surface area (Å²) < 4.78 is 0. The minimum Gasteiger partial charge on any atom is -0.261 e. The van der Waals surface area contributed by atoms with Crippen molar-refractivity contribution >= 4 is 0 Å². The topological polar surface area (TPSA) is 12.9 Å². The molecule has 18 heavy (non-hydrogen) atoms. The van der Waals surface area contributed by atoms with E-state index in [0.29, 0.717) is 0 Å². The van der Waals surface area contributed by atoms with Gasteiger partial charge in [-0.05, 0) is 43.4 Å². The van der Waals surface area contributed by atoms with Crippen molar-refractivity contribution < 1.29 is 0 Å². The number of allylic oxidation sites excluding steroid dienone is 3. The van der Waals surface area contributed by atoms with Crippen LogP contribution in [0.1, 0.15) is 37.8 Å². The second-order valence-electron chi connectivity index (χ2n) is 4.70. The summed E-state index contributed by atoms with van der Waals surface area (Å²) in [6, 6.07) is 5.97. The van der Waals surface area contributed by atoms with E-state index in [9.17, 15) is 0 Å². The molecule has 1 aliphatic rings. The summed E-state index contributed by atoms with van der Waals surface area (Å²) in [7, 11) is 0. The second-order valence-corrected chi connectivity index (χ2v) is 4.70. The number of hydrogen-bond donors (Lipinski definition) is 0. The summed E-state index contributed by atoms with van der Waals surface area (Å²) >= 11 is 0. The third-order valence-electron chi connectivity index (χ3n) is 3.04. The molecule has 0 aliphatic heterocycles. The molecule has 0 unspecified atom stereocenters. The largest absolute Gasteiger partial charge is 0.261 e. The van der Waals surface area contributed by atoms with E-state index in [1.165, 1.54) is 24.8 Å². The lowest BCUT2D eigenvalue weighted by molar-refractivity contribution is 0.715. The Balaban J connectivity index is 1.82. The van der Waals surface area contributed by atoms with Gasteiger partial charge >= 0.3 is 0 Å². The van der Waals surface area contributed by atoms with Crippen LogP contribution in [0, 0.1) is 11.8 Å². The molecule has 1 aromatic heterocycles. The lowest BCUT2D eigenvalue weighted by Gasteiger charge is -2.05. The summed E-state index contributed by atoms with van der Waals surface area (Å²) in [4.78, 5) is 4.30. The third-order valence-corrected chi connectivity index (χ3v) is 3.04. The highest BCUT2D eigenvalue weighted by molar-refractivity contribution is 5.31. The maximum absolute atomic E-state index is 4.30. The number of rotatable bonds is 3. The van der Waals surface area contributed by atoms with Gasteiger partial charge in [-0.25, -0.2) is 0 Å². The van der Waals surface area contributed by atoms with Crippen molar-refractivity contribution in [2.45, 2.75) is 38.5 Å². The number of pyridine rings is 1. The van der Waals surface area contributed by atoms with Gasteiger partial charge in [0, 0.05) is 24.7 Å². The van der Waals surface area contributed by atoms with Crippen LogP contribution < -0.4 is 0 Å². The molecule has 0 saturated heterocycles. The minimum absolute atomic E-state index is 0.772. The molecule has 0 spiro atoms. The van der Waals surface area contributed by atoms with Crippen LogP contribution in [0.2, 0.25) is 0 Å². The van der Waals surface area contributed by atoms with Crippen LogP contribution in [-0.2, 0) is 6.42 Å². The van der Waals surface area contributed by atoms with Crippen molar-refractivity contribution in [1.82, 2.24) is 4.98 Å². The van der Waals surface area contributed by atoms with E-state index < -0.39 is 0 Å². The Morgan fingerprint density at radius 2 is 2.28 bits per heavy atom. The van der Waals surface area contributed by atoms with E-state index in [0.717, 1.165) is 30.5 Å². The van der Waals surface area contributed by atoms with Crippen LogP contribution >= 0.6 is 0 Å². The Labute approximate surface area is 110 Å². The van der Waals surface area contributed by atoms with Crippen molar-refractivity contribution in [2.75, 3.05) is 0 Å². The summed E-state index contributed by atoms with van der Waals surface area (Å²) in [5, 5.41) is 0. The fraction of sp³-hybridized carbons (Fsp3) is 0.353. The highest BCUT2D eigenvalue weighted by Crippen LogP contribution is 2.16. The molecule has 0 fully saturated rings. The van der Waals surface area contributed by atoms with E-state index in [1.54, 1.807) is 0 Å². The lowest BCUT2D eigenvalue weighted by Crippen LogP contribution is -1.92. The molecular weight excluding hydrogens is 218 g/mol. The Morgan fingerprint density at radius 1 is 1.33 bits per heavy atom.